The zero-order valence-corrected chi connectivity index (χ0v) is 19.4. The van der Waals surface area contributed by atoms with Gasteiger partial charge in [0.05, 0.1) is 45.0 Å². The summed E-state index contributed by atoms with van der Waals surface area (Å²) in [4.78, 5) is 20.5. The minimum atomic E-state index is -0.147. The maximum atomic E-state index is 12.8. The van der Waals surface area contributed by atoms with Crippen LogP contribution in [0.1, 0.15) is 35.3 Å². The standard InChI is InChI=1S/C24H24Cl2N4O3/c25-16-5-3-6-18(21(16)26)30-23-20-17(8-10-28-24(20)31)29-22(23)15-7-9-27-12-19(15)33-13-14-4-1-2-11-32-14/h3,5-7,9,12,14,29-30H,1-2,4,8,10-11,13H2,(H,28,31). The van der Waals surface area contributed by atoms with E-state index in [1.54, 1.807) is 24.5 Å². The maximum Gasteiger partial charge on any atom is 0.255 e. The molecule has 2 aliphatic heterocycles. The van der Waals surface area contributed by atoms with Crippen LogP contribution in [-0.4, -0.2) is 41.7 Å². The number of aromatic nitrogens is 2. The largest absolute Gasteiger partial charge is 0.489 e. The molecule has 0 radical (unpaired) electrons. The molecule has 1 amide bonds. The van der Waals surface area contributed by atoms with Gasteiger partial charge in [0, 0.05) is 37.0 Å². The number of aromatic amines is 1. The second kappa shape index (κ2) is 9.63. The van der Waals surface area contributed by atoms with Crippen molar-refractivity contribution in [3.05, 3.63) is 58.0 Å². The lowest BCUT2D eigenvalue weighted by atomic mass is 10.0. The number of carbonyl (C=O) groups is 1. The molecule has 0 spiro atoms. The predicted octanol–water partition coefficient (Wildman–Crippen LogP) is 5.36. The summed E-state index contributed by atoms with van der Waals surface area (Å²) in [6.45, 7) is 1.78. The Labute approximate surface area is 201 Å². The third-order valence-electron chi connectivity index (χ3n) is 5.93. The molecule has 2 aliphatic rings. The minimum Gasteiger partial charge on any atom is -0.489 e. The second-order valence-electron chi connectivity index (χ2n) is 8.13. The Kier molecular flexibility index (Phi) is 6.44. The molecule has 3 aromatic rings. The fourth-order valence-electron chi connectivity index (χ4n) is 4.26. The van der Waals surface area contributed by atoms with Crippen molar-refractivity contribution >= 4 is 40.5 Å². The molecule has 0 saturated carbocycles. The summed E-state index contributed by atoms with van der Waals surface area (Å²) in [5.74, 6) is 0.470. The zero-order valence-electron chi connectivity index (χ0n) is 17.9. The number of ether oxygens (including phenoxy) is 2. The number of H-pyrrole nitrogens is 1. The Bertz CT molecular complexity index is 1170. The first-order valence-electron chi connectivity index (χ1n) is 11.0. The SMILES string of the molecule is O=C1NCCc2[nH]c(-c3ccncc3OCC3CCCCO3)c(Nc3cccc(Cl)c3Cl)c21. The molecule has 1 fully saturated rings. The van der Waals surface area contributed by atoms with Crippen LogP contribution in [0, 0.1) is 0 Å². The highest BCUT2D eigenvalue weighted by molar-refractivity contribution is 6.43. The molecule has 2 aromatic heterocycles. The Balaban J connectivity index is 1.54. The van der Waals surface area contributed by atoms with Crippen molar-refractivity contribution < 1.29 is 14.3 Å². The number of fused-ring (bicyclic) bond motifs is 1. The maximum absolute atomic E-state index is 12.8. The van der Waals surface area contributed by atoms with Gasteiger partial charge in [0.1, 0.15) is 12.4 Å². The van der Waals surface area contributed by atoms with Crippen LogP contribution in [0.25, 0.3) is 11.3 Å². The highest BCUT2D eigenvalue weighted by Crippen LogP contribution is 2.42. The topological polar surface area (TPSA) is 88.3 Å². The lowest BCUT2D eigenvalue weighted by Crippen LogP contribution is -2.31. The number of amides is 1. The fraction of sp³-hybridized carbons (Fsp3) is 0.333. The molecule has 33 heavy (non-hydrogen) atoms. The van der Waals surface area contributed by atoms with Gasteiger partial charge in [0.15, 0.2) is 0 Å². The summed E-state index contributed by atoms with van der Waals surface area (Å²) in [5.41, 5.74) is 4.17. The molecule has 4 heterocycles. The van der Waals surface area contributed by atoms with E-state index in [9.17, 15) is 4.79 Å². The van der Waals surface area contributed by atoms with Crippen LogP contribution < -0.4 is 15.4 Å². The highest BCUT2D eigenvalue weighted by atomic mass is 35.5. The van der Waals surface area contributed by atoms with E-state index in [-0.39, 0.29) is 12.0 Å². The van der Waals surface area contributed by atoms with Gasteiger partial charge >= 0.3 is 0 Å². The van der Waals surface area contributed by atoms with Crippen LogP contribution in [0.3, 0.4) is 0 Å². The van der Waals surface area contributed by atoms with Crippen molar-refractivity contribution in [3.8, 4) is 17.0 Å². The normalized spacial score (nSPS) is 17.9. The van der Waals surface area contributed by atoms with Crippen LogP contribution in [0.4, 0.5) is 11.4 Å². The number of nitrogens with one attached hydrogen (secondary N) is 3. The van der Waals surface area contributed by atoms with Crippen molar-refractivity contribution in [3.63, 3.8) is 0 Å². The number of nitrogens with zero attached hydrogens (tertiary/aromatic N) is 1. The van der Waals surface area contributed by atoms with Gasteiger partial charge in [-0.25, -0.2) is 0 Å². The summed E-state index contributed by atoms with van der Waals surface area (Å²) in [6, 6.07) is 7.22. The molecule has 5 rings (SSSR count). The van der Waals surface area contributed by atoms with E-state index < -0.39 is 0 Å². The van der Waals surface area contributed by atoms with Crippen molar-refractivity contribution in [2.75, 3.05) is 25.1 Å². The van der Waals surface area contributed by atoms with Gasteiger partial charge in [-0.2, -0.15) is 0 Å². The first-order chi connectivity index (χ1) is 16.1. The van der Waals surface area contributed by atoms with Gasteiger partial charge in [-0.3, -0.25) is 9.78 Å². The number of rotatable bonds is 6. The van der Waals surface area contributed by atoms with Crippen LogP contribution in [-0.2, 0) is 11.2 Å². The summed E-state index contributed by atoms with van der Waals surface area (Å²) in [7, 11) is 0. The molecular weight excluding hydrogens is 463 g/mol. The zero-order chi connectivity index (χ0) is 22.8. The predicted molar refractivity (Wildman–Crippen MR) is 129 cm³/mol. The molecule has 1 aromatic carbocycles. The average Bonchev–Trinajstić information content (AvgIpc) is 3.21. The molecule has 172 valence electrons. The Morgan fingerprint density at radius 1 is 1.24 bits per heavy atom. The molecule has 0 bridgehead atoms. The molecule has 3 N–H and O–H groups in total. The minimum absolute atomic E-state index is 0.0669. The number of pyridine rings is 1. The van der Waals surface area contributed by atoms with E-state index >= 15 is 0 Å². The molecule has 1 unspecified atom stereocenters. The Hall–Kier alpha value is -2.74. The third kappa shape index (κ3) is 4.53. The smallest absolute Gasteiger partial charge is 0.255 e. The van der Waals surface area contributed by atoms with Gasteiger partial charge in [0.2, 0.25) is 0 Å². The summed E-state index contributed by atoms with van der Waals surface area (Å²) in [6.07, 6.45) is 7.36. The fourth-order valence-corrected chi connectivity index (χ4v) is 4.61. The van der Waals surface area contributed by atoms with Gasteiger partial charge in [0.25, 0.3) is 5.91 Å². The van der Waals surface area contributed by atoms with Gasteiger partial charge < -0.3 is 25.1 Å². The Morgan fingerprint density at radius 3 is 3.00 bits per heavy atom. The monoisotopic (exact) mass is 486 g/mol. The van der Waals surface area contributed by atoms with Gasteiger partial charge in [-0.1, -0.05) is 29.3 Å². The number of hydrogen-bond acceptors (Lipinski definition) is 5. The summed E-state index contributed by atoms with van der Waals surface area (Å²) < 4.78 is 12.0. The lowest BCUT2D eigenvalue weighted by Gasteiger charge is -2.23. The molecule has 7 nitrogen and oxygen atoms in total. The van der Waals surface area contributed by atoms with E-state index in [2.05, 4.69) is 20.6 Å². The Morgan fingerprint density at radius 2 is 2.15 bits per heavy atom. The van der Waals surface area contributed by atoms with Crippen LogP contribution in [0.5, 0.6) is 5.75 Å². The number of anilines is 2. The van der Waals surface area contributed by atoms with Gasteiger partial charge in [-0.15, -0.1) is 0 Å². The quantitative estimate of drug-likeness (QED) is 0.436. The van der Waals surface area contributed by atoms with E-state index in [1.807, 2.05) is 12.1 Å². The van der Waals surface area contributed by atoms with Crippen LogP contribution in [0.15, 0.2) is 36.7 Å². The number of hydrogen-bond donors (Lipinski definition) is 3. The number of benzene rings is 1. The molecule has 9 heteroatoms. The number of halogens is 2. The van der Waals surface area contributed by atoms with Crippen molar-refractivity contribution in [2.45, 2.75) is 31.8 Å². The van der Waals surface area contributed by atoms with Crippen LogP contribution >= 0.6 is 23.2 Å². The van der Waals surface area contributed by atoms with E-state index in [4.69, 9.17) is 32.7 Å². The molecule has 0 aliphatic carbocycles. The van der Waals surface area contributed by atoms with Crippen molar-refractivity contribution in [2.24, 2.45) is 0 Å². The lowest BCUT2D eigenvalue weighted by molar-refractivity contribution is -0.0110. The molecular formula is C24H24Cl2N4O3. The summed E-state index contributed by atoms with van der Waals surface area (Å²) >= 11 is 12.7. The summed E-state index contributed by atoms with van der Waals surface area (Å²) in [5, 5.41) is 7.08. The first-order valence-corrected chi connectivity index (χ1v) is 11.8. The van der Waals surface area contributed by atoms with Crippen molar-refractivity contribution in [1.82, 2.24) is 15.3 Å². The third-order valence-corrected chi connectivity index (χ3v) is 6.75. The van der Waals surface area contributed by atoms with Crippen molar-refractivity contribution in [1.29, 1.82) is 0 Å². The van der Waals surface area contributed by atoms with Gasteiger partial charge in [-0.05, 0) is 37.5 Å². The first kappa shape index (κ1) is 22.1. The second-order valence-corrected chi connectivity index (χ2v) is 8.92. The van der Waals surface area contributed by atoms with E-state index in [0.717, 1.165) is 42.8 Å². The van der Waals surface area contributed by atoms with Crippen LogP contribution in [0.2, 0.25) is 10.0 Å². The highest BCUT2D eigenvalue weighted by Gasteiger charge is 2.29. The molecule has 1 saturated heterocycles. The van der Waals surface area contributed by atoms with E-state index in [1.165, 1.54) is 0 Å². The van der Waals surface area contributed by atoms with E-state index in [0.29, 0.717) is 52.3 Å². The average molecular weight is 487 g/mol. The number of carbonyl (C=O) groups excluding carboxylic acids is 1. The molecule has 1 atom stereocenters.